The van der Waals surface area contributed by atoms with Crippen LogP contribution in [0.2, 0.25) is 5.02 Å². The molecule has 1 aromatic carbocycles. The van der Waals surface area contributed by atoms with Gasteiger partial charge in [0.15, 0.2) is 0 Å². The number of hydrogen-bond donors (Lipinski definition) is 2. The number of aromatic nitrogens is 1. The fourth-order valence-electron chi connectivity index (χ4n) is 6.17. The van der Waals surface area contributed by atoms with Crippen molar-refractivity contribution in [2.45, 2.75) is 57.4 Å². The molecule has 4 heterocycles. The van der Waals surface area contributed by atoms with Crippen LogP contribution in [0.5, 0.6) is 0 Å². The van der Waals surface area contributed by atoms with E-state index in [1.54, 1.807) is 30.3 Å². The molecule has 2 saturated heterocycles. The number of nitrogens with one attached hydrogen (secondary N) is 2. The van der Waals surface area contributed by atoms with Crippen molar-refractivity contribution in [3.63, 3.8) is 0 Å². The Bertz CT molecular complexity index is 1490. The number of carbonyl (C=O) groups is 4. The average Bonchev–Trinajstić information content (AvgIpc) is 3.75. The van der Waals surface area contributed by atoms with Gasteiger partial charge < -0.3 is 24.9 Å². The highest BCUT2D eigenvalue weighted by Gasteiger charge is 2.34. The van der Waals surface area contributed by atoms with E-state index in [2.05, 4.69) is 15.6 Å². The third-order valence-electron chi connectivity index (χ3n) is 8.37. The first-order chi connectivity index (χ1) is 19.9. The van der Waals surface area contributed by atoms with Crippen molar-refractivity contribution in [2.24, 2.45) is 5.92 Å². The Morgan fingerprint density at radius 3 is 2.41 bits per heavy atom. The van der Waals surface area contributed by atoms with Crippen LogP contribution < -0.4 is 10.6 Å². The van der Waals surface area contributed by atoms with Crippen LogP contribution in [0.25, 0.3) is 11.0 Å². The molecule has 6 rings (SSSR count). The van der Waals surface area contributed by atoms with Gasteiger partial charge in [-0.25, -0.2) is 4.98 Å². The van der Waals surface area contributed by atoms with Gasteiger partial charge in [-0.05, 0) is 75.3 Å². The first-order valence-corrected chi connectivity index (χ1v) is 14.6. The number of likely N-dealkylation sites (tertiary alicyclic amines) is 2. The Balaban J connectivity index is 1.26. The van der Waals surface area contributed by atoms with Crippen LogP contribution in [0.4, 0.5) is 11.5 Å². The molecule has 214 valence electrons. The maximum atomic E-state index is 13.5. The third-order valence-corrected chi connectivity index (χ3v) is 8.59. The van der Waals surface area contributed by atoms with Gasteiger partial charge in [-0.2, -0.15) is 0 Å². The number of benzene rings is 1. The van der Waals surface area contributed by atoms with Gasteiger partial charge in [0.1, 0.15) is 17.1 Å². The average molecular weight is 578 g/mol. The second kappa shape index (κ2) is 11.5. The number of nitrogens with zero attached hydrogens (tertiary/aromatic N) is 3. The lowest BCUT2D eigenvalue weighted by molar-refractivity contribution is -0.130. The first kappa shape index (κ1) is 27.3. The summed E-state index contributed by atoms with van der Waals surface area (Å²) in [6.45, 7) is 2.21. The number of fused-ring (bicyclic) bond motifs is 1. The maximum Gasteiger partial charge on any atom is 0.294 e. The van der Waals surface area contributed by atoms with Gasteiger partial charge in [-0.1, -0.05) is 11.6 Å². The zero-order chi connectivity index (χ0) is 28.5. The van der Waals surface area contributed by atoms with Gasteiger partial charge in [0, 0.05) is 55.2 Å². The molecule has 0 radical (unpaired) electrons. The SMILES string of the molecule is O=C(Nc1ccc(Cl)cn1)c1oc2ccc(C(=O)N3CCCC3)cc2c1NC(=O)C1CCC(N2CCCC2=O)CC1. The zero-order valence-electron chi connectivity index (χ0n) is 22.7. The van der Waals surface area contributed by atoms with Gasteiger partial charge in [-0.3, -0.25) is 19.2 Å². The van der Waals surface area contributed by atoms with E-state index in [0.29, 0.717) is 53.9 Å². The molecule has 10 nitrogen and oxygen atoms in total. The predicted octanol–water partition coefficient (Wildman–Crippen LogP) is 5.09. The molecule has 2 aliphatic heterocycles. The van der Waals surface area contributed by atoms with E-state index in [1.165, 1.54) is 6.20 Å². The summed E-state index contributed by atoms with van der Waals surface area (Å²) in [6.07, 6.45) is 7.67. The number of hydrogen-bond acceptors (Lipinski definition) is 6. The second-order valence-electron chi connectivity index (χ2n) is 11.0. The van der Waals surface area contributed by atoms with Crippen molar-refractivity contribution in [2.75, 3.05) is 30.3 Å². The molecule has 11 heteroatoms. The summed E-state index contributed by atoms with van der Waals surface area (Å²) in [5.41, 5.74) is 1.07. The van der Waals surface area contributed by atoms with E-state index in [9.17, 15) is 19.2 Å². The lowest BCUT2D eigenvalue weighted by Crippen LogP contribution is -2.40. The zero-order valence-corrected chi connectivity index (χ0v) is 23.4. The quantitative estimate of drug-likeness (QED) is 0.420. The molecule has 41 heavy (non-hydrogen) atoms. The van der Waals surface area contributed by atoms with Gasteiger partial charge in [0.2, 0.25) is 17.6 Å². The minimum Gasteiger partial charge on any atom is -0.449 e. The smallest absolute Gasteiger partial charge is 0.294 e. The fourth-order valence-corrected chi connectivity index (χ4v) is 6.28. The molecule has 3 aromatic rings. The normalized spacial score (nSPS) is 21.0. The van der Waals surface area contributed by atoms with Crippen LogP contribution in [0.3, 0.4) is 0 Å². The van der Waals surface area contributed by atoms with E-state index in [1.807, 2.05) is 9.80 Å². The number of anilines is 2. The molecule has 2 N–H and O–H groups in total. The van der Waals surface area contributed by atoms with Crippen LogP contribution in [-0.2, 0) is 9.59 Å². The molecule has 3 fully saturated rings. The van der Waals surface area contributed by atoms with E-state index < -0.39 is 5.91 Å². The number of pyridine rings is 1. The van der Waals surface area contributed by atoms with Gasteiger partial charge in [0.25, 0.3) is 11.8 Å². The predicted molar refractivity (Wildman–Crippen MR) is 154 cm³/mol. The molecule has 4 amide bonds. The molecule has 1 aliphatic carbocycles. The Morgan fingerprint density at radius 2 is 1.73 bits per heavy atom. The van der Waals surface area contributed by atoms with Crippen molar-refractivity contribution in [3.05, 3.63) is 52.9 Å². The standard InChI is InChI=1S/C30H32ClN5O5/c31-20-8-12-24(32-17-20)33-29(39)27-26(22-16-19(7-11-23(22)41-27)30(40)35-13-1-2-14-35)34-28(38)18-5-9-21(10-6-18)36-15-3-4-25(36)37/h7-8,11-12,16-18,21H,1-6,9-10,13-15H2,(H,34,38)(H,32,33,39). The van der Waals surface area contributed by atoms with Crippen LogP contribution in [0.15, 0.2) is 40.9 Å². The number of furan rings is 1. The van der Waals surface area contributed by atoms with Crippen LogP contribution in [-0.4, -0.2) is 64.1 Å². The lowest BCUT2D eigenvalue weighted by Gasteiger charge is -2.34. The lowest BCUT2D eigenvalue weighted by atomic mass is 9.84. The highest BCUT2D eigenvalue weighted by Crippen LogP contribution is 2.35. The number of halogens is 1. The number of amides is 4. The van der Waals surface area contributed by atoms with E-state index in [-0.39, 0.29) is 46.9 Å². The Kier molecular flexibility index (Phi) is 7.66. The summed E-state index contributed by atoms with van der Waals surface area (Å²) >= 11 is 5.92. The summed E-state index contributed by atoms with van der Waals surface area (Å²) in [5.74, 6) is -0.757. The van der Waals surface area contributed by atoms with Crippen molar-refractivity contribution in [1.82, 2.24) is 14.8 Å². The van der Waals surface area contributed by atoms with E-state index in [4.69, 9.17) is 16.0 Å². The molecule has 1 saturated carbocycles. The van der Waals surface area contributed by atoms with Gasteiger partial charge >= 0.3 is 0 Å². The molecule has 0 unspecified atom stereocenters. The summed E-state index contributed by atoms with van der Waals surface area (Å²) in [4.78, 5) is 60.1. The summed E-state index contributed by atoms with van der Waals surface area (Å²) < 4.78 is 5.95. The van der Waals surface area contributed by atoms with Crippen LogP contribution in [0, 0.1) is 5.92 Å². The molecule has 0 bridgehead atoms. The summed E-state index contributed by atoms with van der Waals surface area (Å²) in [5, 5.41) is 6.57. The van der Waals surface area contributed by atoms with Crippen LogP contribution in [0.1, 0.15) is 72.3 Å². The van der Waals surface area contributed by atoms with Crippen molar-refractivity contribution in [3.8, 4) is 0 Å². The number of carbonyl (C=O) groups excluding carboxylic acids is 4. The highest BCUT2D eigenvalue weighted by molar-refractivity contribution is 6.30. The topological polar surface area (TPSA) is 125 Å². The first-order valence-electron chi connectivity index (χ1n) is 14.3. The summed E-state index contributed by atoms with van der Waals surface area (Å²) in [7, 11) is 0. The largest absolute Gasteiger partial charge is 0.449 e. The van der Waals surface area contributed by atoms with Gasteiger partial charge in [-0.15, -0.1) is 0 Å². The molecular formula is C30H32ClN5O5. The monoisotopic (exact) mass is 577 g/mol. The van der Waals surface area contributed by atoms with E-state index >= 15 is 0 Å². The maximum absolute atomic E-state index is 13.5. The fraction of sp³-hybridized carbons (Fsp3) is 0.433. The van der Waals surface area contributed by atoms with Gasteiger partial charge in [0.05, 0.1) is 5.02 Å². The number of rotatable bonds is 6. The Labute approximate surface area is 242 Å². The Hall–Kier alpha value is -3.92. The Morgan fingerprint density at radius 1 is 0.951 bits per heavy atom. The second-order valence-corrected chi connectivity index (χ2v) is 11.5. The molecular weight excluding hydrogens is 546 g/mol. The highest BCUT2D eigenvalue weighted by atomic mass is 35.5. The van der Waals surface area contributed by atoms with Crippen molar-refractivity contribution >= 4 is 57.7 Å². The van der Waals surface area contributed by atoms with Crippen molar-refractivity contribution < 1.29 is 23.6 Å². The van der Waals surface area contributed by atoms with Crippen LogP contribution >= 0.6 is 11.6 Å². The molecule has 0 atom stereocenters. The molecule has 2 aromatic heterocycles. The van der Waals surface area contributed by atoms with E-state index in [0.717, 1.165) is 38.6 Å². The minimum atomic E-state index is -0.588. The third kappa shape index (κ3) is 5.66. The minimum absolute atomic E-state index is 0.0766. The van der Waals surface area contributed by atoms with Crippen molar-refractivity contribution in [1.29, 1.82) is 0 Å². The molecule has 0 spiro atoms. The summed E-state index contributed by atoms with van der Waals surface area (Å²) in [6, 6.07) is 8.37. The molecule has 3 aliphatic rings.